The van der Waals surface area contributed by atoms with Gasteiger partial charge in [0.2, 0.25) is 5.91 Å². The number of anilines is 1. The average Bonchev–Trinajstić information content (AvgIpc) is 2.52. The fourth-order valence-corrected chi connectivity index (χ4v) is 2.20. The second kappa shape index (κ2) is 3.86. The highest BCUT2D eigenvalue weighted by Crippen LogP contribution is 2.32. The fraction of sp³-hybridized carbons (Fsp3) is 0.417. The van der Waals surface area contributed by atoms with Crippen molar-refractivity contribution in [3.05, 3.63) is 29.8 Å². The molecule has 1 aromatic rings. The van der Waals surface area contributed by atoms with Crippen LogP contribution in [0.5, 0.6) is 0 Å². The van der Waals surface area contributed by atoms with Gasteiger partial charge in [-0.2, -0.15) is 0 Å². The quantitative estimate of drug-likeness (QED) is 0.671. The van der Waals surface area contributed by atoms with Crippen molar-refractivity contribution in [2.75, 3.05) is 4.90 Å². The van der Waals surface area contributed by atoms with Gasteiger partial charge in [0, 0.05) is 11.7 Å². The van der Waals surface area contributed by atoms with Crippen molar-refractivity contribution in [3.8, 4) is 0 Å². The average molecular weight is 224 g/mol. The molecule has 0 saturated carbocycles. The third-order valence-corrected chi connectivity index (χ3v) is 2.97. The molecule has 1 aliphatic rings. The summed E-state index contributed by atoms with van der Waals surface area (Å²) in [6.07, 6.45) is 0.922. The molecule has 2 atom stereocenters. The van der Waals surface area contributed by atoms with E-state index in [0.29, 0.717) is 0 Å². The number of carbonyl (C=O) groups excluding carboxylic acids is 1. The van der Waals surface area contributed by atoms with Crippen LogP contribution in [-0.4, -0.2) is 17.3 Å². The van der Waals surface area contributed by atoms with Crippen LogP contribution in [0, 0.1) is 0 Å². The molecule has 0 N–H and O–H groups in total. The molecule has 3 heteroatoms. The zero-order valence-corrected chi connectivity index (χ0v) is 9.66. The fourth-order valence-electron chi connectivity index (χ4n) is 2.09. The Morgan fingerprint density at radius 2 is 2.20 bits per heavy atom. The van der Waals surface area contributed by atoms with Gasteiger partial charge in [0.1, 0.15) is 5.38 Å². The molecule has 15 heavy (non-hydrogen) atoms. The van der Waals surface area contributed by atoms with Crippen molar-refractivity contribution in [1.82, 2.24) is 0 Å². The Bertz CT molecular complexity index is 389. The third kappa shape index (κ3) is 1.74. The summed E-state index contributed by atoms with van der Waals surface area (Å²) in [6.45, 7) is 3.77. The maximum Gasteiger partial charge on any atom is 0.245 e. The van der Waals surface area contributed by atoms with Gasteiger partial charge in [-0.3, -0.25) is 4.79 Å². The smallest absolute Gasteiger partial charge is 0.245 e. The van der Waals surface area contributed by atoms with Gasteiger partial charge >= 0.3 is 0 Å². The van der Waals surface area contributed by atoms with Gasteiger partial charge in [-0.15, -0.1) is 11.6 Å². The normalized spacial score (nSPS) is 21.3. The Labute approximate surface area is 94.8 Å². The van der Waals surface area contributed by atoms with Gasteiger partial charge in [-0.05, 0) is 31.9 Å². The van der Waals surface area contributed by atoms with Crippen molar-refractivity contribution in [2.45, 2.75) is 31.7 Å². The van der Waals surface area contributed by atoms with Gasteiger partial charge in [0.15, 0.2) is 0 Å². The summed E-state index contributed by atoms with van der Waals surface area (Å²) in [4.78, 5) is 13.7. The van der Waals surface area contributed by atoms with Crippen LogP contribution >= 0.6 is 11.6 Å². The molecular weight excluding hydrogens is 210 g/mol. The Morgan fingerprint density at radius 3 is 2.87 bits per heavy atom. The van der Waals surface area contributed by atoms with E-state index in [1.807, 2.05) is 23.1 Å². The number of rotatable bonds is 1. The third-order valence-electron chi connectivity index (χ3n) is 2.78. The minimum Gasteiger partial charge on any atom is -0.308 e. The Hall–Kier alpha value is -1.02. The lowest BCUT2D eigenvalue weighted by atomic mass is 10.1. The number of hydrogen-bond donors (Lipinski definition) is 0. The van der Waals surface area contributed by atoms with E-state index < -0.39 is 5.38 Å². The molecule has 0 bridgehead atoms. The van der Waals surface area contributed by atoms with Crippen molar-refractivity contribution in [3.63, 3.8) is 0 Å². The molecule has 0 saturated heterocycles. The van der Waals surface area contributed by atoms with E-state index in [1.165, 1.54) is 5.56 Å². The predicted molar refractivity (Wildman–Crippen MR) is 62.4 cm³/mol. The van der Waals surface area contributed by atoms with Crippen molar-refractivity contribution in [1.29, 1.82) is 0 Å². The van der Waals surface area contributed by atoms with Crippen molar-refractivity contribution in [2.24, 2.45) is 0 Å². The second-order valence-corrected chi connectivity index (χ2v) is 4.66. The standard InChI is InChI=1S/C12H14ClNO/c1-8-7-10-5-3-4-6-11(10)14(8)12(15)9(2)13/h3-6,8-9H,7H2,1-2H3/t8-,9-/m0/s1. The lowest BCUT2D eigenvalue weighted by molar-refractivity contribution is -0.118. The minimum absolute atomic E-state index is 0.00545. The molecule has 0 fully saturated rings. The Kier molecular flexibility index (Phi) is 2.70. The van der Waals surface area contributed by atoms with E-state index in [4.69, 9.17) is 11.6 Å². The van der Waals surface area contributed by atoms with Crippen LogP contribution in [0.3, 0.4) is 0 Å². The van der Waals surface area contributed by atoms with Crippen molar-refractivity contribution < 1.29 is 4.79 Å². The molecule has 0 spiro atoms. The number of para-hydroxylation sites is 1. The summed E-state index contributed by atoms with van der Waals surface area (Å²) < 4.78 is 0. The molecule has 1 aliphatic heterocycles. The van der Waals surface area contributed by atoms with Crippen LogP contribution in [0.4, 0.5) is 5.69 Å². The number of nitrogens with zero attached hydrogens (tertiary/aromatic N) is 1. The number of fused-ring (bicyclic) bond motifs is 1. The van der Waals surface area contributed by atoms with Crippen LogP contribution in [0.2, 0.25) is 0 Å². The molecule has 0 aliphatic carbocycles. The van der Waals surface area contributed by atoms with Crippen LogP contribution in [0.1, 0.15) is 19.4 Å². The van der Waals surface area contributed by atoms with Crippen LogP contribution in [-0.2, 0) is 11.2 Å². The first kappa shape index (κ1) is 10.5. The SMILES string of the molecule is C[C@H](Cl)C(=O)N1c2ccccc2C[C@@H]1C. The molecule has 0 aromatic heterocycles. The number of carbonyl (C=O) groups is 1. The number of amides is 1. The summed E-state index contributed by atoms with van der Waals surface area (Å²) in [7, 11) is 0. The number of benzene rings is 1. The first-order valence-corrected chi connectivity index (χ1v) is 5.60. The summed E-state index contributed by atoms with van der Waals surface area (Å²) in [5.41, 5.74) is 2.25. The van der Waals surface area contributed by atoms with Gasteiger partial charge in [0.25, 0.3) is 0 Å². The second-order valence-electron chi connectivity index (χ2n) is 4.01. The minimum atomic E-state index is -0.460. The maximum atomic E-state index is 11.9. The first-order valence-electron chi connectivity index (χ1n) is 5.16. The lowest BCUT2D eigenvalue weighted by Gasteiger charge is -2.23. The summed E-state index contributed by atoms with van der Waals surface area (Å²) in [5, 5.41) is -0.460. The number of halogens is 1. The predicted octanol–water partition coefficient (Wildman–Crippen LogP) is 2.59. The largest absolute Gasteiger partial charge is 0.308 e. The van der Waals surface area contributed by atoms with Gasteiger partial charge in [-0.25, -0.2) is 0 Å². The zero-order chi connectivity index (χ0) is 11.0. The number of hydrogen-bond acceptors (Lipinski definition) is 1. The molecule has 1 amide bonds. The van der Waals surface area contributed by atoms with Crippen LogP contribution in [0.25, 0.3) is 0 Å². The first-order chi connectivity index (χ1) is 7.11. The molecule has 0 radical (unpaired) electrons. The molecule has 1 heterocycles. The molecule has 2 nitrogen and oxygen atoms in total. The van der Waals surface area contributed by atoms with Gasteiger partial charge in [-0.1, -0.05) is 18.2 Å². The maximum absolute atomic E-state index is 11.9. The summed E-state index contributed by atoms with van der Waals surface area (Å²) in [5.74, 6) is -0.00545. The monoisotopic (exact) mass is 223 g/mol. The molecular formula is C12H14ClNO. The van der Waals surface area contributed by atoms with E-state index >= 15 is 0 Å². The highest BCUT2D eigenvalue weighted by molar-refractivity contribution is 6.32. The zero-order valence-electron chi connectivity index (χ0n) is 8.90. The van der Waals surface area contributed by atoms with Crippen LogP contribution in [0.15, 0.2) is 24.3 Å². The Balaban J connectivity index is 2.38. The highest BCUT2D eigenvalue weighted by Gasteiger charge is 2.32. The van der Waals surface area contributed by atoms with E-state index in [-0.39, 0.29) is 11.9 Å². The van der Waals surface area contributed by atoms with Crippen molar-refractivity contribution >= 4 is 23.2 Å². The van der Waals surface area contributed by atoms with E-state index in [9.17, 15) is 4.79 Å². The van der Waals surface area contributed by atoms with Gasteiger partial charge in [0.05, 0.1) is 0 Å². The van der Waals surface area contributed by atoms with E-state index in [1.54, 1.807) is 6.92 Å². The molecule has 80 valence electrons. The molecule has 2 rings (SSSR count). The van der Waals surface area contributed by atoms with E-state index in [2.05, 4.69) is 13.0 Å². The topological polar surface area (TPSA) is 20.3 Å². The summed E-state index contributed by atoms with van der Waals surface area (Å²) >= 11 is 5.85. The summed E-state index contributed by atoms with van der Waals surface area (Å²) in [6, 6.07) is 8.23. The number of alkyl halides is 1. The van der Waals surface area contributed by atoms with E-state index in [0.717, 1.165) is 12.1 Å². The van der Waals surface area contributed by atoms with Gasteiger partial charge < -0.3 is 4.90 Å². The molecule has 0 unspecified atom stereocenters. The Morgan fingerprint density at radius 1 is 1.53 bits per heavy atom. The highest BCUT2D eigenvalue weighted by atomic mass is 35.5. The molecule has 1 aromatic carbocycles. The lowest BCUT2D eigenvalue weighted by Crippen LogP contribution is -2.39. The van der Waals surface area contributed by atoms with Crippen LogP contribution < -0.4 is 4.90 Å².